The SMILES string of the molecule is Cc1ccccc1OCC(=O)Nc1ccccc1[C@@H](Nc1ccccn1)[C@H](c1ccccn1)[C@H](O)c1ccccc1. The zero-order valence-corrected chi connectivity index (χ0v) is 22.7. The summed E-state index contributed by atoms with van der Waals surface area (Å²) < 4.78 is 5.79. The Balaban J connectivity index is 1.52. The smallest absolute Gasteiger partial charge is 0.262 e. The quantitative estimate of drug-likeness (QED) is 0.176. The van der Waals surface area contributed by atoms with Gasteiger partial charge in [0, 0.05) is 23.8 Å². The monoisotopic (exact) mass is 544 g/mol. The lowest BCUT2D eigenvalue weighted by atomic mass is 9.82. The number of ether oxygens (including phenoxy) is 1. The summed E-state index contributed by atoms with van der Waals surface area (Å²) in [6, 6.07) is 35.4. The number of amides is 1. The first-order valence-electron chi connectivity index (χ1n) is 13.5. The Morgan fingerprint density at radius 2 is 1.49 bits per heavy atom. The van der Waals surface area contributed by atoms with Crippen molar-refractivity contribution in [2.75, 3.05) is 17.2 Å². The molecule has 0 aliphatic rings. The second-order valence-corrected chi connectivity index (χ2v) is 9.66. The number of carbonyl (C=O) groups is 1. The molecule has 2 heterocycles. The number of anilines is 2. The van der Waals surface area contributed by atoms with Crippen LogP contribution in [0.25, 0.3) is 0 Å². The highest BCUT2D eigenvalue weighted by Gasteiger charge is 2.35. The Kier molecular flexibility index (Phi) is 8.98. The molecule has 5 rings (SSSR count). The van der Waals surface area contributed by atoms with Gasteiger partial charge in [0.1, 0.15) is 11.6 Å². The molecule has 1 amide bonds. The Hall–Kier alpha value is -5.01. The van der Waals surface area contributed by atoms with E-state index < -0.39 is 18.1 Å². The van der Waals surface area contributed by atoms with Crippen LogP contribution in [0.2, 0.25) is 0 Å². The maximum atomic E-state index is 13.1. The summed E-state index contributed by atoms with van der Waals surface area (Å²) in [5, 5.41) is 18.4. The van der Waals surface area contributed by atoms with E-state index in [0.29, 0.717) is 22.9 Å². The number of para-hydroxylation sites is 2. The third-order valence-electron chi connectivity index (χ3n) is 6.86. The number of hydrogen-bond acceptors (Lipinski definition) is 6. The van der Waals surface area contributed by atoms with Gasteiger partial charge >= 0.3 is 0 Å². The molecule has 0 saturated heterocycles. The third kappa shape index (κ3) is 6.96. The molecule has 3 N–H and O–H groups in total. The number of nitrogens with zero attached hydrogens (tertiary/aromatic N) is 2. The number of nitrogens with one attached hydrogen (secondary N) is 2. The van der Waals surface area contributed by atoms with Crippen molar-refractivity contribution in [3.8, 4) is 5.75 Å². The Morgan fingerprint density at radius 1 is 0.805 bits per heavy atom. The molecule has 2 aromatic heterocycles. The summed E-state index contributed by atoms with van der Waals surface area (Å²) in [6.07, 6.45) is 2.51. The molecule has 7 heteroatoms. The summed E-state index contributed by atoms with van der Waals surface area (Å²) >= 11 is 0. The van der Waals surface area contributed by atoms with Crippen LogP contribution >= 0.6 is 0 Å². The number of aryl methyl sites for hydroxylation is 1. The van der Waals surface area contributed by atoms with Crippen LogP contribution in [0.1, 0.15) is 40.4 Å². The fourth-order valence-corrected chi connectivity index (χ4v) is 4.84. The molecule has 3 aromatic carbocycles. The topological polar surface area (TPSA) is 96.4 Å². The van der Waals surface area contributed by atoms with Gasteiger partial charge in [-0.1, -0.05) is 78.9 Å². The van der Waals surface area contributed by atoms with Crippen LogP contribution in [0.5, 0.6) is 5.75 Å². The molecule has 7 nitrogen and oxygen atoms in total. The number of carbonyl (C=O) groups excluding carboxylic acids is 1. The van der Waals surface area contributed by atoms with E-state index in [-0.39, 0.29) is 12.5 Å². The van der Waals surface area contributed by atoms with Gasteiger partial charge in [0.25, 0.3) is 5.91 Å². The predicted octanol–water partition coefficient (Wildman–Crippen LogP) is 6.47. The minimum Gasteiger partial charge on any atom is -0.483 e. The van der Waals surface area contributed by atoms with E-state index >= 15 is 0 Å². The summed E-state index contributed by atoms with van der Waals surface area (Å²) in [7, 11) is 0. The zero-order valence-electron chi connectivity index (χ0n) is 22.7. The largest absolute Gasteiger partial charge is 0.483 e. The molecule has 206 valence electrons. The van der Waals surface area contributed by atoms with E-state index in [4.69, 9.17) is 4.74 Å². The molecule has 0 aliphatic heterocycles. The van der Waals surface area contributed by atoms with Crippen LogP contribution in [-0.4, -0.2) is 27.6 Å². The number of rotatable bonds is 11. The summed E-state index contributed by atoms with van der Waals surface area (Å²) in [4.78, 5) is 22.2. The normalized spacial score (nSPS) is 13.0. The lowest BCUT2D eigenvalue weighted by molar-refractivity contribution is -0.118. The third-order valence-corrected chi connectivity index (χ3v) is 6.86. The van der Waals surface area contributed by atoms with Gasteiger partial charge in [0.15, 0.2) is 6.61 Å². The standard InChI is InChI=1S/C34H32N4O3/c1-24-13-5-8-19-29(24)41-23-31(39)37-27-17-7-6-16-26(27)33(38-30-20-10-12-22-36-30)32(28-18-9-11-21-35-28)34(40)25-14-3-2-4-15-25/h2-22,32-34,40H,23H2,1H3,(H,36,38)(H,37,39)/t32-,33+,34+/m0/s1. The second-order valence-electron chi connectivity index (χ2n) is 9.66. The molecule has 0 aliphatic carbocycles. The van der Waals surface area contributed by atoms with E-state index in [1.807, 2.05) is 122 Å². The van der Waals surface area contributed by atoms with Gasteiger partial charge in [-0.05, 0) is 60.0 Å². The summed E-state index contributed by atoms with van der Waals surface area (Å²) in [5.74, 6) is 0.451. The molecule has 0 bridgehead atoms. The number of aromatic nitrogens is 2. The first kappa shape index (κ1) is 27.6. The number of pyridine rings is 2. The summed E-state index contributed by atoms with van der Waals surface area (Å²) in [5.41, 5.74) is 3.77. The molecule has 0 fully saturated rings. The fraction of sp³-hybridized carbons (Fsp3) is 0.147. The van der Waals surface area contributed by atoms with Gasteiger partial charge in [-0.15, -0.1) is 0 Å². The van der Waals surface area contributed by atoms with Gasteiger partial charge in [-0.25, -0.2) is 4.98 Å². The van der Waals surface area contributed by atoms with Crippen LogP contribution in [0.3, 0.4) is 0 Å². The van der Waals surface area contributed by atoms with Crippen molar-refractivity contribution in [1.29, 1.82) is 0 Å². The van der Waals surface area contributed by atoms with Crippen molar-refractivity contribution < 1.29 is 14.6 Å². The molecule has 0 saturated carbocycles. The van der Waals surface area contributed by atoms with Crippen molar-refractivity contribution in [2.24, 2.45) is 0 Å². The highest BCUT2D eigenvalue weighted by Crippen LogP contribution is 2.43. The van der Waals surface area contributed by atoms with Gasteiger partial charge in [-0.2, -0.15) is 0 Å². The molecule has 3 atom stereocenters. The van der Waals surface area contributed by atoms with Crippen LogP contribution in [0.4, 0.5) is 11.5 Å². The Labute approximate surface area is 239 Å². The van der Waals surface area contributed by atoms with Crippen LogP contribution in [-0.2, 0) is 4.79 Å². The van der Waals surface area contributed by atoms with Crippen molar-refractivity contribution in [3.05, 3.63) is 150 Å². The highest BCUT2D eigenvalue weighted by atomic mass is 16.5. The van der Waals surface area contributed by atoms with Crippen LogP contribution in [0, 0.1) is 6.92 Å². The first-order chi connectivity index (χ1) is 20.1. The molecule has 41 heavy (non-hydrogen) atoms. The van der Waals surface area contributed by atoms with Gasteiger partial charge in [0.05, 0.1) is 18.1 Å². The molecule has 0 spiro atoms. The highest BCUT2D eigenvalue weighted by molar-refractivity contribution is 5.92. The molecular weight excluding hydrogens is 512 g/mol. The van der Waals surface area contributed by atoms with Crippen LogP contribution in [0.15, 0.2) is 128 Å². The predicted molar refractivity (Wildman–Crippen MR) is 161 cm³/mol. The summed E-state index contributed by atoms with van der Waals surface area (Å²) in [6.45, 7) is 1.79. The molecule has 5 aromatic rings. The maximum Gasteiger partial charge on any atom is 0.262 e. The Bertz CT molecular complexity index is 1550. The second kappa shape index (κ2) is 13.4. The van der Waals surface area contributed by atoms with Gasteiger partial charge in [-0.3, -0.25) is 9.78 Å². The van der Waals surface area contributed by atoms with E-state index in [2.05, 4.69) is 20.6 Å². The van der Waals surface area contributed by atoms with Crippen molar-refractivity contribution in [1.82, 2.24) is 9.97 Å². The van der Waals surface area contributed by atoms with E-state index in [1.54, 1.807) is 12.4 Å². The van der Waals surface area contributed by atoms with Crippen molar-refractivity contribution in [2.45, 2.75) is 25.0 Å². The van der Waals surface area contributed by atoms with E-state index in [0.717, 1.165) is 16.7 Å². The lowest BCUT2D eigenvalue weighted by Gasteiger charge is -2.33. The van der Waals surface area contributed by atoms with Crippen molar-refractivity contribution in [3.63, 3.8) is 0 Å². The number of aliphatic hydroxyl groups excluding tert-OH is 1. The van der Waals surface area contributed by atoms with Crippen molar-refractivity contribution >= 4 is 17.4 Å². The average molecular weight is 545 g/mol. The van der Waals surface area contributed by atoms with Crippen LogP contribution < -0.4 is 15.4 Å². The zero-order chi connectivity index (χ0) is 28.4. The fourth-order valence-electron chi connectivity index (χ4n) is 4.84. The minimum atomic E-state index is -0.916. The molecular formula is C34H32N4O3. The number of hydrogen-bond donors (Lipinski definition) is 3. The van der Waals surface area contributed by atoms with E-state index in [1.165, 1.54) is 0 Å². The first-order valence-corrected chi connectivity index (χ1v) is 13.5. The minimum absolute atomic E-state index is 0.145. The lowest BCUT2D eigenvalue weighted by Crippen LogP contribution is -2.28. The van der Waals surface area contributed by atoms with Gasteiger partial charge < -0.3 is 20.5 Å². The average Bonchev–Trinajstić information content (AvgIpc) is 3.02. The van der Waals surface area contributed by atoms with Gasteiger partial charge in [0.2, 0.25) is 0 Å². The Morgan fingerprint density at radius 3 is 2.22 bits per heavy atom. The molecule has 0 radical (unpaired) electrons. The molecule has 0 unspecified atom stereocenters. The van der Waals surface area contributed by atoms with E-state index in [9.17, 15) is 9.90 Å². The maximum absolute atomic E-state index is 13.1. The number of aliphatic hydroxyl groups is 1. The number of benzene rings is 3.